The smallest absolute Gasteiger partial charge is 0.165 e. The van der Waals surface area contributed by atoms with Gasteiger partial charge in [-0.2, -0.15) is 5.10 Å². The molecule has 0 N–H and O–H groups in total. The van der Waals surface area contributed by atoms with Crippen LogP contribution in [0.25, 0.3) is 11.4 Å². The number of rotatable bonds is 3. The molecule has 1 aliphatic rings. The number of hydrogen-bond acceptors (Lipinski definition) is 3. The maximum absolute atomic E-state index is 4.65. The van der Waals surface area contributed by atoms with Crippen LogP contribution in [0.3, 0.4) is 0 Å². The lowest BCUT2D eigenvalue weighted by Gasteiger charge is -2.10. The summed E-state index contributed by atoms with van der Waals surface area (Å²) in [7, 11) is 1.96. The second-order valence-electron chi connectivity index (χ2n) is 4.82. The van der Waals surface area contributed by atoms with E-state index in [1.807, 2.05) is 29.9 Å². The van der Waals surface area contributed by atoms with Crippen molar-refractivity contribution in [3.8, 4) is 11.4 Å². The van der Waals surface area contributed by atoms with E-state index in [2.05, 4.69) is 27.1 Å². The zero-order chi connectivity index (χ0) is 12.4. The zero-order valence-corrected chi connectivity index (χ0v) is 10.7. The van der Waals surface area contributed by atoms with Crippen molar-refractivity contribution in [3.63, 3.8) is 0 Å². The molecule has 1 aromatic carbocycles. The Kier molecular flexibility index (Phi) is 3.11. The van der Waals surface area contributed by atoms with Gasteiger partial charge in [-0.25, -0.2) is 9.67 Å². The van der Waals surface area contributed by atoms with Crippen LogP contribution in [0.1, 0.15) is 18.7 Å². The molecule has 0 spiro atoms. The number of likely N-dealkylation sites (tertiary alicyclic amines) is 1. The molecule has 1 saturated heterocycles. The SMILES string of the molecule is Cn1nc(CN2CCCC2)nc1-c1ccccc1. The number of nitrogens with zero attached hydrogens (tertiary/aromatic N) is 4. The molecular weight excluding hydrogens is 224 g/mol. The Bertz CT molecular complexity index is 512. The summed E-state index contributed by atoms with van der Waals surface area (Å²) in [5.41, 5.74) is 1.13. The normalized spacial score (nSPS) is 16.3. The van der Waals surface area contributed by atoms with E-state index < -0.39 is 0 Å². The van der Waals surface area contributed by atoms with Crippen LogP contribution in [0.15, 0.2) is 30.3 Å². The van der Waals surface area contributed by atoms with E-state index in [4.69, 9.17) is 0 Å². The molecule has 2 aromatic rings. The van der Waals surface area contributed by atoms with Gasteiger partial charge >= 0.3 is 0 Å². The monoisotopic (exact) mass is 242 g/mol. The van der Waals surface area contributed by atoms with Crippen molar-refractivity contribution in [2.24, 2.45) is 7.05 Å². The number of aryl methyl sites for hydroxylation is 1. The Morgan fingerprint density at radius 1 is 1.11 bits per heavy atom. The number of aromatic nitrogens is 3. The maximum atomic E-state index is 4.65. The predicted octanol–water partition coefficient (Wildman–Crippen LogP) is 2.08. The minimum Gasteiger partial charge on any atom is -0.296 e. The Morgan fingerprint density at radius 3 is 2.56 bits per heavy atom. The molecule has 2 heterocycles. The first-order chi connectivity index (χ1) is 8.83. The van der Waals surface area contributed by atoms with Crippen molar-refractivity contribution in [3.05, 3.63) is 36.2 Å². The minimum absolute atomic E-state index is 0.876. The van der Waals surface area contributed by atoms with Crippen molar-refractivity contribution in [1.82, 2.24) is 19.7 Å². The molecule has 1 aliphatic heterocycles. The molecule has 18 heavy (non-hydrogen) atoms. The summed E-state index contributed by atoms with van der Waals surface area (Å²) in [6, 6.07) is 10.2. The topological polar surface area (TPSA) is 34.0 Å². The lowest BCUT2D eigenvalue weighted by Crippen LogP contribution is -2.19. The van der Waals surface area contributed by atoms with Gasteiger partial charge in [0, 0.05) is 12.6 Å². The largest absolute Gasteiger partial charge is 0.296 e. The second-order valence-corrected chi connectivity index (χ2v) is 4.82. The fourth-order valence-corrected chi connectivity index (χ4v) is 2.48. The highest BCUT2D eigenvalue weighted by Gasteiger charge is 2.15. The quantitative estimate of drug-likeness (QED) is 0.826. The summed E-state index contributed by atoms with van der Waals surface area (Å²) in [4.78, 5) is 7.07. The van der Waals surface area contributed by atoms with Crippen LogP contribution in [0, 0.1) is 0 Å². The lowest BCUT2D eigenvalue weighted by atomic mass is 10.2. The third-order valence-electron chi connectivity index (χ3n) is 3.40. The van der Waals surface area contributed by atoms with Gasteiger partial charge in [-0.1, -0.05) is 30.3 Å². The van der Waals surface area contributed by atoms with Gasteiger partial charge in [0.2, 0.25) is 0 Å². The van der Waals surface area contributed by atoms with Gasteiger partial charge in [0.25, 0.3) is 0 Å². The van der Waals surface area contributed by atoms with Gasteiger partial charge in [0.15, 0.2) is 11.6 Å². The molecule has 4 nitrogen and oxygen atoms in total. The molecule has 4 heteroatoms. The second kappa shape index (κ2) is 4.90. The van der Waals surface area contributed by atoms with E-state index in [1.165, 1.54) is 25.9 Å². The average molecular weight is 242 g/mol. The van der Waals surface area contributed by atoms with Crippen molar-refractivity contribution >= 4 is 0 Å². The van der Waals surface area contributed by atoms with E-state index in [9.17, 15) is 0 Å². The van der Waals surface area contributed by atoms with Crippen LogP contribution in [-0.2, 0) is 13.6 Å². The molecule has 0 atom stereocenters. The van der Waals surface area contributed by atoms with Crippen LogP contribution in [0.5, 0.6) is 0 Å². The van der Waals surface area contributed by atoms with Gasteiger partial charge < -0.3 is 0 Å². The first-order valence-electron chi connectivity index (χ1n) is 6.50. The van der Waals surface area contributed by atoms with Gasteiger partial charge in [-0.3, -0.25) is 4.90 Å². The molecule has 3 rings (SSSR count). The molecule has 0 bridgehead atoms. The van der Waals surface area contributed by atoms with Crippen molar-refractivity contribution < 1.29 is 0 Å². The van der Waals surface area contributed by atoms with E-state index >= 15 is 0 Å². The molecule has 0 unspecified atom stereocenters. The van der Waals surface area contributed by atoms with Crippen LogP contribution in [0.4, 0.5) is 0 Å². The summed E-state index contributed by atoms with van der Waals surface area (Å²) in [6.07, 6.45) is 2.61. The molecular formula is C14H18N4. The molecule has 1 aromatic heterocycles. The Balaban J connectivity index is 1.82. The van der Waals surface area contributed by atoms with Gasteiger partial charge in [-0.05, 0) is 25.9 Å². The first kappa shape index (κ1) is 11.4. The van der Waals surface area contributed by atoms with Gasteiger partial charge in [0.05, 0.1) is 6.54 Å². The number of benzene rings is 1. The standard InChI is InChI=1S/C14H18N4/c1-17-14(12-7-3-2-4-8-12)15-13(16-17)11-18-9-5-6-10-18/h2-4,7-8H,5-6,9-11H2,1H3. The van der Waals surface area contributed by atoms with Crippen molar-refractivity contribution in [1.29, 1.82) is 0 Å². The highest BCUT2D eigenvalue weighted by molar-refractivity contribution is 5.54. The third-order valence-corrected chi connectivity index (χ3v) is 3.40. The summed E-state index contributed by atoms with van der Waals surface area (Å²) in [5.74, 6) is 1.88. The fourth-order valence-electron chi connectivity index (χ4n) is 2.48. The van der Waals surface area contributed by atoms with Crippen molar-refractivity contribution in [2.45, 2.75) is 19.4 Å². The van der Waals surface area contributed by atoms with Crippen LogP contribution >= 0.6 is 0 Å². The molecule has 94 valence electrons. The van der Waals surface area contributed by atoms with E-state index in [1.54, 1.807) is 0 Å². The Morgan fingerprint density at radius 2 is 1.83 bits per heavy atom. The first-order valence-corrected chi connectivity index (χ1v) is 6.50. The molecule has 0 radical (unpaired) electrons. The highest BCUT2D eigenvalue weighted by Crippen LogP contribution is 2.17. The summed E-state index contributed by atoms with van der Waals surface area (Å²) in [6.45, 7) is 3.23. The van der Waals surface area contributed by atoms with Gasteiger partial charge in [0.1, 0.15) is 0 Å². The predicted molar refractivity (Wildman–Crippen MR) is 71.0 cm³/mol. The van der Waals surface area contributed by atoms with Crippen LogP contribution < -0.4 is 0 Å². The van der Waals surface area contributed by atoms with Crippen molar-refractivity contribution in [2.75, 3.05) is 13.1 Å². The Labute approximate surface area is 107 Å². The van der Waals surface area contributed by atoms with Crippen LogP contribution in [0.2, 0.25) is 0 Å². The van der Waals surface area contributed by atoms with Gasteiger partial charge in [-0.15, -0.1) is 0 Å². The minimum atomic E-state index is 0.876. The Hall–Kier alpha value is -1.68. The molecule has 0 amide bonds. The summed E-state index contributed by atoms with van der Waals surface area (Å²) < 4.78 is 1.88. The average Bonchev–Trinajstić information content (AvgIpc) is 3.01. The third kappa shape index (κ3) is 2.29. The van der Waals surface area contributed by atoms with E-state index in [-0.39, 0.29) is 0 Å². The van der Waals surface area contributed by atoms with E-state index in [0.717, 1.165) is 23.8 Å². The maximum Gasteiger partial charge on any atom is 0.165 e. The van der Waals surface area contributed by atoms with E-state index in [0.29, 0.717) is 0 Å². The summed E-state index contributed by atoms with van der Waals surface area (Å²) in [5, 5.41) is 4.51. The number of hydrogen-bond donors (Lipinski definition) is 0. The fraction of sp³-hybridized carbons (Fsp3) is 0.429. The molecule has 0 aliphatic carbocycles. The van der Waals surface area contributed by atoms with Crippen LogP contribution in [-0.4, -0.2) is 32.8 Å². The highest BCUT2D eigenvalue weighted by atomic mass is 15.3. The molecule has 1 fully saturated rings. The molecule has 0 saturated carbocycles. The lowest BCUT2D eigenvalue weighted by molar-refractivity contribution is 0.322. The zero-order valence-electron chi connectivity index (χ0n) is 10.7. The summed E-state index contributed by atoms with van der Waals surface area (Å²) >= 11 is 0.